The Hall–Kier alpha value is -2.42. The quantitative estimate of drug-likeness (QED) is 0.406. The second-order valence-electron chi connectivity index (χ2n) is 5.11. The van der Waals surface area contributed by atoms with Gasteiger partial charge in [0.15, 0.2) is 0 Å². The van der Waals surface area contributed by atoms with Crippen LogP contribution in [0.1, 0.15) is 25.7 Å². The maximum absolute atomic E-state index is 5.73. The molecule has 0 radical (unpaired) electrons. The fourth-order valence-electron chi connectivity index (χ4n) is 2.01. The Labute approximate surface area is 149 Å². The first-order valence-electron chi connectivity index (χ1n) is 8.05. The van der Waals surface area contributed by atoms with Gasteiger partial charge in [-0.3, -0.25) is 4.98 Å². The lowest BCUT2D eigenvalue weighted by molar-refractivity contribution is 0.313. The van der Waals surface area contributed by atoms with Gasteiger partial charge in [-0.1, -0.05) is 24.0 Å². The van der Waals surface area contributed by atoms with Gasteiger partial charge in [-0.25, -0.2) is 0 Å². The minimum Gasteiger partial charge on any atom is -0.494 e. The number of hydrogen-bond donors (Lipinski definition) is 0. The van der Waals surface area contributed by atoms with Crippen molar-refractivity contribution in [2.75, 3.05) is 12.5 Å². The highest BCUT2D eigenvalue weighted by atomic mass is 35.5. The van der Waals surface area contributed by atoms with Crippen molar-refractivity contribution in [3.63, 3.8) is 0 Å². The zero-order chi connectivity index (χ0) is 16.9. The van der Waals surface area contributed by atoms with Crippen LogP contribution in [0, 0.1) is 23.7 Å². The summed E-state index contributed by atoms with van der Waals surface area (Å²) in [6.07, 6.45) is 7.01. The third-order valence-electron chi connectivity index (χ3n) is 3.26. The van der Waals surface area contributed by atoms with Crippen molar-refractivity contribution in [2.24, 2.45) is 0 Å². The molecular formula is C21H20ClNO. The average molecular weight is 338 g/mol. The fraction of sp³-hybridized carbons (Fsp3) is 0.286. The van der Waals surface area contributed by atoms with Gasteiger partial charge in [0.05, 0.1) is 6.61 Å². The van der Waals surface area contributed by atoms with E-state index < -0.39 is 0 Å². The lowest BCUT2D eigenvalue weighted by Crippen LogP contribution is -1.96. The molecule has 0 aliphatic heterocycles. The number of alkyl halides is 1. The van der Waals surface area contributed by atoms with Gasteiger partial charge in [-0.05, 0) is 60.1 Å². The van der Waals surface area contributed by atoms with Gasteiger partial charge in [-0.15, -0.1) is 11.6 Å². The molecule has 2 rings (SSSR count). The molecule has 1 heterocycles. The first-order chi connectivity index (χ1) is 11.9. The normalized spacial score (nSPS) is 9.38. The van der Waals surface area contributed by atoms with Crippen molar-refractivity contribution < 1.29 is 4.74 Å². The largest absolute Gasteiger partial charge is 0.494 e. The molecule has 0 N–H and O–H groups in total. The highest BCUT2D eigenvalue weighted by Crippen LogP contribution is 2.21. The smallest absolute Gasteiger partial charge is 0.119 e. The van der Waals surface area contributed by atoms with Crippen LogP contribution in [0.2, 0.25) is 0 Å². The first-order valence-corrected chi connectivity index (χ1v) is 8.58. The lowest BCUT2D eigenvalue weighted by atomic mass is 10.1. The van der Waals surface area contributed by atoms with E-state index in [0.29, 0.717) is 12.5 Å². The van der Waals surface area contributed by atoms with Crippen LogP contribution in [0.25, 0.3) is 11.1 Å². The van der Waals surface area contributed by atoms with Crippen molar-refractivity contribution >= 4 is 11.6 Å². The molecule has 3 heteroatoms. The minimum atomic E-state index is 0.656. The van der Waals surface area contributed by atoms with Crippen LogP contribution in [-0.2, 0) is 0 Å². The first kappa shape index (κ1) is 17.9. The molecule has 0 fully saturated rings. The topological polar surface area (TPSA) is 22.1 Å². The third-order valence-corrected chi connectivity index (χ3v) is 3.52. The number of pyridine rings is 1. The van der Waals surface area contributed by atoms with E-state index in [2.05, 4.69) is 40.8 Å². The lowest BCUT2D eigenvalue weighted by Gasteiger charge is -2.06. The van der Waals surface area contributed by atoms with Gasteiger partial charge in [0.2, 0.25) is 0 Å². The summed E-state index contributed by atoms with van der Waals surface area (Å²) in [5, 5.41) is 0. The Morgan fingerprint density at radius 1 is 0.833 bits per heavy atom. The van der Waals surface area contributed by atoms with Crippen LogP contribution >= 0.6 is 11.6 Å². The van der Waals surface area contributed by atoms with Gasteiger partial charge in [0.1, 0.15) is 5.75 Å². The third kappa shape index (κ3) is 6.78. The van der Waals surface area contributed by atoms with E-state index in [0.717, 1.165) is 42.6 Å². The molecule has 0 unspecified atom stereocenters. The Bertz CT molecular complexity index is 718. The molecule has 2 nitrogen and oxygen atoms in total. The molecular weight excluding hydrogens is 318 g/mol. The summed E-state index contributed by atoms with van der Waals surface area (Å²) in [5.41, 5.74) is 2.31. The second kappa shape index (κ2) is 11.2. The zero-order valence-corrected chi connectivity index (χ0v) is 14.4. The van der Waals surface area contributed by atoms with Crippen molar-refractivity contribution in [1.82, 2.24) is 4.98 Å². The molecule has 0 atom stereocenters. The molecule has 0 amide bonds. The number of halogens is 1. The molecule has 0 aliphatic carbocycles. The van der Waals surface area contributed by atoms with Gasteiger partial charge >= 0.3 is 0 Å². The summed E-state index contributed by atoms with van der Waals surface area (Å²) >= 11 is 5.57. The highest BCUT2D eigenvalue weighted by molar-refractivity contribution is 6.17. The van der Waals surface area contributed by atoms with E-state index in [1.54, 1.807) is 12.4 Å². The molecule has 0 saturated carbocycles. The van der Waals surface area contributed by atoms with Crippen molar-refractivity contribution in [1.29, 1.82) is 0 Å². The summed E-state index contributed by atoms with van der Waals surface area (Å²) in [4.78, 5) is 4.03. The van der Waals surface area contributed by atoms with E-state index in [4.69, 9.17) is 16.3 Å². The molecule has 0 aliphatic rings. The predicted octanol–water partition coefficient (Wildman–Crippen LogP) is 4.93. The van der Waals surface area contributed by atoms with Gasteiger partial charge in [0, 0.05) is 31.1 Å². The second-order valence-corrected chi connectivity index (χ2v) is 5.49. The minimum absolute atomic E-state index is 0.656. The van der Waals surface area contributed by atoms with Crippen LogP contribution in [0.3, 0.4) is 0 Å². The molecule has 0 spiro atoms. The Balaban J connectivity index is 1.68. The predicted molar refractivity (Wildman–Crippen MR) is 99.9 cm³/mol. The Morgan fingerprint density at radius 2 is 1.46 bits per heavy atom. The van der Waals surface area contributed by atoms with E-state index in [9.17, 15) is 0 Å². The summed E-state index contributed by atoms with van der Waals surface area (Å²) in [6, 6.07) is 12.1. The van der Waals surface area contributed by atoms with Crippen molar-refractivity contribution in [2.45, 2.75) is 25.7 Å². The van der Waals surface area contributed by atoms with Crippen LogP contribution in [0.15, 0.2) is 48.8 Å². The monoisotopic (exact) mass is 337 g/mol. The molecule has 0 saturated heterocycles. The van der Waals surface area contributed by atoms with Crippen LogP contribution in [-0.4, -0.2) is 17.5 Å². The summed E-state index contributed by atoms with van der Waals surface area (Å²) < 4.78 is 5.73. The average Bonchev–Trinajstić information content (AvgIpc) is 2.64. The number of ether oxygens (including phenoxy) is 1. The Kier molecular flexibility index (Phi) is 8.34. The van der Waals surface area contributed by atoms with E-state index in [1.165, 1.54) is 0 Å². The molecule has 1 aromatic carbocycles. The Morgan fingerprint density at radius 3 is 2.12 bits per heavy atom. The summed E-state index contributed by atoms with van der Waals surface area (Å²) in [6.45, 7) is 0.656. The summed E-state index contributed by atoms with van der Waals surface area (Å²) in [7, 11) is 0. The maximum atomic E-state index is 5.73. The standard InChI is InChI=1S/C21H20ClNO/c22-15-7-5-3-1-2-4-6-8-18-24-21-11-9-19(10-12-21)20-13-16-23-17-14-20/h9-14,16-17H,5-8,15,18H2. The van der Waals surface area contributed by atoms with E-state index >= 15 is 0 Å². The van der Waals surface area contributed by atoms with Gasteiger partial charge in [0.25, 0.3) is 0 Å². The SMILES string of the molecule is ClCCCC#CC#CCCCOc1ccc(-c2ccncc2)cc1. The molecule has 2 aromatic rings. The number of rotatable bonds is 7. The van der Waals surface area contributed by atoms with E-state index in [1.807, 2.05) is 24.3 Å². The van der Waals surface area contributed by atoms with Crippen LogP contribution in [0.4, 0.5) is 0 Å². The van der Waals surface area contributed by atoms with E-state index in [-0.39, 0.29) is 0 Å². The number of hydrogen-bond acceptors (Lipinski definition) is 2. The number of unbranched alkanes of at least 4 members (excludes halogenated alkanes) is 2. The van der Waals surface area contributed by atoms with Gasteiger partial charge < -0.3 is 4.74 Å². The number of benzene rings is 1. The summed E-state index contributed by atoms with van der Waals surface area (Å²) in [5.74, 6) is 13.2. The highest BCUT2D eigenvalue weighted by Gasteiger charge is 1.98. The van der Waals surface area contributed by atoms with Crippen molar-refractivity contribution in [3.05, 3.63) is 48.8 Å². The molecule has 0 bridgehead atoms. The zero-order valence-electron chi connectivity index (χ0n) is 13.6. The number of nitrogens with zero attached hydrogens (tertiary/aromatic N) is 1. The van der Waals surface area contributed by atoms with Gasteiger partial charge in [-0.2, -0.15) is 0 Å². The maximum Gasteiger partial charge on any atom is 0.119 e. The molecule has 122 valence electrons. The fourth-order valence-corrected chi connectivity index (χ4v) is 2.14. The molecule has 24 heavy (non-hydrogen) atoms. The van der Waals surface area contributed by atoms with Crippen LogP contribution in [0.5, 0.6) is 5.75 Å². The molecule has 1 aromatic heterocycles. The van der Waals surface area contributed by atoms with Crippen LogP contribution < -0.4 is 4.74 Å². The number of aromatic nitrogens is 1. The van der Waals surface area contributed by atoms with Crippen molar-refractivity contribution in [3.8, 4) is 40.6 Å².